The normalized spacial score (nSPS) is 11.8. The maximum absolute atomic E-state index is 13.2. The molecule has 2 aromatic rings. The van der Waals surface area contributed by atoms with Gasteiger partial charge >= 0.3 is 0 Å². The summed E-state index contributed by atoms with van der Waals surface area (Å²) in [6, 6.07) is 5.02. The zero-order valence-corrected chi connectivity index (χ0v) is 10.9. The number of rotatable bonds is 3. The van der Waals surface area contributed by atoms with E-state index in [9.17, 15) is 4.39 Å². The lowest BCUT2D eigenvalue weighted by Gasteiger charge is -2.15. The average Bonchev–Trinajstić information content (AvgIpc) is 2.68. The molecule has 0 aliphatic carbocycles. The van der Waals surface area contributed by atoms with Crippen LogP contribution in [-0.4, -0.2) is 15.5 Å². The van der Waals surface area contributed by atoms with Crippen molar-refractivity contribution in [1.29, 1.82) is 0 Å². The van der Waals surface area contributed by atoms with Gasteiger partial charge in [-0.05, 0) is 44.5 Å². The van der Waals surface area contributed by atoms with Gasteiger partial charge in [-0.25, -0.2) is 9.37 Å². The first-order chi connectivity index (χ1) is 8.35. The fourth-order valence-corrected chi connectivity index (χ4v) is 1.84. The maximum Gasteiger partial charge on any atom is 0.126 e. The second-order valence-corrected chi connectivity index (χ2v) is 5.37. The molecule has 4 heteroatoms. The van der Waals surface area contributed by atoms with Crippen molar-refractivity contribution in [2.24, 2.45) is 5.73 Å². The lowest BCUT2D eigenvalue weighted by molar-refractivity contribution is 0.505. The van der Waals surface area contributed by atoms with E-state index in [-0.39, 0.29) is 11.4 Å². The van der Waals surface area contributed by atoms with E-state index in [1.54, 1.807) is 25.3 Å². The van der Waals surface area contributed by atoms with Crippen LogP contribution >= 0.6 is 0 Å². The van der Waals surface area contributed by atoms with E-state index < -0.39 is 0 Å². The molecule has 0 fully saturated rings. The van der Waals surface area contributed by atoms with Crippen molar-refractivity contribution in [2.45, 2.75) is 32.7 Å². The second-order valence-electron chi connectivity index (χ2n) is 5.37. The lowest BCUT2D eigenvalue weighted by Crippen LogP contribution is -2.34. The molecule has 0 bridgehead atoms. The lowest BCUT2D eigenvalue weighted by atomic mass is 10.0. The van der Waals surface area contributed by atoms with Crippen molar-refractivity contribution in [3.8, 4) is 11.3 Å². The Labute approximate surface area is 106 Å². The Morgan fingerprint density at radius 2 is 2.11 bits per heavy atom. The molecule has 2 rings (SSSR count). The quantitative estimate of drug-likeness (QED) is 0.876. The highest BCUT2D eigenvalue weighted by molar-refractivity contribution is 5.59. The maximum atomic E-state index is 13.2. The molecule has 0 amide bonds. The van der Waals surface area contributed by atoms with Crippen LogP contribution in [0.3, 0.4) is 0 Å². The summed E-state index contributed by atoms with van der Waals surface area (Å²) < 4.78 is 13.2. The fourth-order valence-electron chi connectivity index (χ4n) is 1.84. The number of hydrogen-bond acceptors (Lipinski definition) is 2. The van der Waals surface area contributed by atoms with Gasteiger partial charge in [0.05, 0.1) is 11.9 Å². The SMILES string of the molecule is Cc1cc(-c2cnc(CC(C)(C)N)[nH]2)ccc1F. The smallest absolute Gasteiger partial charge is 0.126 e. The number of nitrogens with one attached hydrogen (secondary N) is 1. The van der Waals surface area contributed by atoms with Crippen molar-refractivity contribution >= 4 is 0 Å². The van der Waals surface area contributed by atoms with Gasteiger partial charge in [0.2, 0.25) is 0 Å². The summed E-state index contributed by atoms with van der Waals surface area (Å²) in [6.07, 6.45) is 2.43. The zero-order valence-electron chi connectivity index (χ0n) is 10.9. The fraction of sp³-hybridized carbons (Fsp3) is 0.357. The number of aromatic amines is 1. The van der Waals surface area contributed by atoms with Gasteiger partial charge in [-0.15, -0.1) is 0 Å². The van der Waals surface area contributed by atoms with E-state index in [1.807, 2.05) is 13.8 Å². The summed E-state index contributed by atoms with van der Waals surface area (Å²) in [5.41, 5.74) is 8.10. The summed E-state index contributed by atoms with van der Waals surface area (Å²) >= 11 is 0. The first-order valence-electron chi connectivity index (χ1n) is 5.94. The van der Waals surface area contributed by atoms with E-state index >= 15 is 0 Å². The Kier molecular flexibility index (Phi) is 3.22. The van der Waals surface area contributed by atoms with Crippen LogP contribution in [0.4, 0.5) is 4.39 Å². The summed E-state index contributed by atoms with van der Waals surface area (Å²) in [6.45, 7) is 5.66. The molecule has 3 nitrogen and oxygen atoms in total. The predicted octanol–water partition coefficient (Wildman–Crippen LogP) is 2.80. The minimum atomic E-state index is -0.298. The topological polar surface area (TPSA) is 54.7 Å². The third-order valence-electron chi connectivity index (χ3n) is 2.72. The number of halogens is 1. The standard InChI is InChI=1S/C14H18FN3/c1-9-6-10(4-5-11(9)15)12-8-17-13(18-12)7-14(2,3)16/h4-6,8H,7,16H2,1-3H3,(H,17,18). The number of H-pyrrole nitrogens is 1. The van der Waals surface area contributed by atoms with Gasteiger partial charge in [0.1, 0.15) is 11.6 Å². The molecule has 1 aromatic carbocycles. The molecule has 96 valence electrons. The molecule has 18 heavy (non-hydrogen) atoms. The Balaban J connectivity index is 2.26. The van der Waals surface area contributed by atoms with Crippen LogP contribution < -0.4 is 5.73 Å². The van der Waals surface area contributed by atoms with E-state index in [0.717, 1.165) is 17.1 Å². The van der Waals surface area contributed by atoms with Crippen LogP contribution in [0.25, 0.3) is 11.3 Å². The predicted molar refractivity (Wildman–Crippen MR) is 70.7 cm³/mol. The van der Waals surface area contributed by atoms with Gasteiger partial charge < -0.3 is 10.7 Å². The minimum absolute atomic E-state index is 0.193. The molecular formula is C14H18FN3. The number of nitrogens with zero attached hydrogens (tertiary/aromatic N) is 1. The van der Waals surface area contributed by atoms with Crippen LogP contribution in [0.15, 0.2) is 24.4 Å². The number of hydrogen-bond donors (Lipinski definition) is 2. The number of aryl methyl sites for hydroxylation is 1. The zero-order chi connectivity index (χ0) is 13.3. The summed E-state index contributed by atoms with van der Waals surface area (Å²) in [7, 11) is 0. The molecule has 3 N–H and O–H groups in total. The van der Waals surface area contributed by atoms with E-state index in [0.29, 0.717) is 12.0 Å². The number of nitrogens with two attached hydrogens (primary N) is 1. The highest BCUT2D eigenvalue weighted by atomic mass is 19.1. The molecular weight excluding hydrogens is 229 g/mol. The summed E-state index contributed by atoms with van der Waals surface area (Å²) in [5.74, 6) is 0.654. The molecule has 0 radical (unpaired) electrons. The van der Waals surface area contributed by atoms with Crippen LogP contribution in [0.1, 0.15) is 25.2 Å². The number of benzene rings is 1. The molecule has 0 unspecified atom stereocenters. The van der Waals surface area contributed by atoms with Crippen LogP contribution in [0.2, 0.25) is 0 Å². The van der Waals surface area contributed by atoms with Gasteiger partial charge in [0.25, 0.3) is 0 Å². The molecule has 0 saturated carbocycles. The summed E-state index contributed by atoms with van der Waals surface area (Å²) in [5, 5.41) is 0. The van der Waals surface area contributed by atoms with Crippen molar-refractivity contribution in [1.82, 2.24) is 9.97 Å². The number of imidazole rings is 1. The summed E-state index contributed by atoms with van der Waals surface area (Å²) in [4.78, 5) is 7.52. The average molecular weight is 247 g/mol. The van der Waals surface area contributed by atoms with Gasteiger partial charge in [-0.2, -0.15) is 0 Å². The molecule has 0 spiro atoms. The van der Waals surface area contributed by atoms with Gasteiger partial charge in [0, 0.05) is 17.5 Å². The molecule has 0 atom stereocenters. The van der Waals surface area contributed by atoms with Crippen LogP contribution in [0.5, 0.6) is 0 Å². The highest BCUT2D eigenvalue weighted by Gasteiger charge is 2.14. The highest BCUT2D eigenvalue weighted by Crippen LogP contribution is 2.20. The first-order valence-corrected chi connectivity index (χ1v) is 5.94. The third-order valence-corrected chi connectivity index (χ3v) is 2.72. The molecule has 0 aliphatic heterocycles. The van der Waals surface area contributed by atoms with Crippen molar-refractivity contribution < 1.29 is 4.39 Å². The Hall–Kier alpha value is -1.68. The molecule has 0 aliphatic rings. The monoisotopic (exact) mass is 247 g/mol. The van der Waals surface area contributed by atoms with Crippen molar-refractivity contribution in [3.63, 3.8) is 0 Å². The Morgan fingerprint density at radius 3 is 2.72 bits per heavy atom. The van der Waals surface area contributed by atoms with E-state index in [1.165, 1.54) is 6.07 Å². The van der Waals surface area contributed by atoms with Crippen LogP contribution in [0, 0.1) is 12.7 Å². The third kappa shape index (κ3) is 2.96. The Morgan fingerprint density at radius 1 is 1.39 bits per heavy atom. The van der Waals surface area contributed by atoms with E-state index in [4.69, 9.17) is 5.73 Å². The van der Waals surface area contributed by atoms with E-state index in [2.05, 4.69) is 9.97 Å². The molecule has 1 aromatic heterocycles. The van der Waals surface area contributed by atoms with Gasteiger partial charge in [-0.1, -0.05) is 0 Å². The van der Waals surface area contributed by atoms with Crippen molar-refractivity contribution in [3.05, 3.63) is 41.6 Å². The van der Waals surface area contributed by atoms with Crippen molar-refractivity contribution in [2.75, 3.05) is 0 Å². The molecule has 0 saturated heterocycles. The second kappa shape index (κ2) is 4.53. The first kappa shape index (κ1) is 12.8. The Bertz CT molecular complexity index is 552. The molecule has 1 heterocycles. The van der Waals surface area contributed by atoms with Crippen LogP contribution in [-0.2, 0) is 6.42 Å². The number of aromatic nitrogens is 2. The largest absolute Gasteiger partial charge is 0.342 e. The minimum Gasteiger partial charge on any atom is -0.342 e. The van der Waals surface area contributed by atoms with Gasteiger partial charge in [0.15, 0.2) is 0 Å². The van der Waals surface area contributed by atoms with Gasteiger partial charge in [-0.3, -0.25) is 0 Å².